The first-order chi connectivity index (χ1) is 6.07. The molecule has 0 saturated heterocycles. The van der Waals surface area contributed by atoms with Gasteiger partial charge in [0.1, 0.15) is 6.04 Å². The molecular formula is C8H15NO4. The summed E-state index contributed by atoms with van der Waals surface area (Å²) in [7, 11) is 0. The molecule has 0 fully saturated rings. The van der Waals surface area contributed by atoms with E-state index in [-0.39, 0.29) is 5.91 Å². The number of carbonyl (C=O) groups excluding carboxylic acids is 1. The molecule has 2 N–H and O–H groups in total. The predicted octanol–water partition coefficient (Wildman–Crippen LogP) is 0.00230. The van der Waals surface area contributed by atoms with E-state index in [4.69, 9.17) is 9.84 Å². The Kier molecular flexibility index (Phi) is 5.88. The minimum atomic E-state index is -1.03. The van der Waals surface area contributed by atoms with Gasteiger partial charge in [0.15, 0.2) is 0 Å². The Hall–Kier alpha value is -1.10. The summed E-state index contributed by atoms with van der Waals surface area (Å²) in [6.45, 7) is 4.00. The van der Waals surface area contributed by atoms with Crippen LogP contribution in [0, 0.1) is 0 Å². The second kappa shape index (κ2) is 6.42. The van der Waals surface area contributed by atoms with Gasteiger partial charge in [-0.25, -0.2) is 4.79 Å². The number of carbonyl (C=O) groups is 2. The van der Waals surface area contributed by atoms with Gasteiger partial charge in [-0.1, -0.05) is 0 Å². The van der Waals surface area contributed by atoms with Crippen molar-refractivity contribution in [3.63, 3.8) is 0 Å². The molecule has 0 aromatic rings. The third-order valence-electron chi connectivity index (χ3n) is 1.43. The van der Waals surface area contributed by atoms with Gasteiger partial charge in [0.25, 0.3) is 0 Å². The molecule has 0 aromatic heterocycles. The van der Waals surface area contributed by atoms with Crippen LogP contribution in [0.4, 0.5) is 0 Å². The first kappa shape index (κ1) is 11.9. The van der Waals surface area contributed by atoms with Crippen molar-refractivity contribution in [2.24, 2.45) is 0 Å². The maximum Gasteiger partial charge on any atom is 0.326 e. The third-order valence-corrected chi connectivity index (χ3v) is 1.43. The number of hydrogen-bond donors (Lipinski definition) is 2. The van der Waals surface area contributed by atoms with Gasteiger partial charge < -0.3 is 15.2 Å². The van der Waals surface area contributed by atoms with Crippen LogP contribution < -0.4 is 5.32 Å². The summed E-state index contributed by atoms with van der Waals surface area (Å²) in [5.74, 6) is -1.38. The van der Waals surface area contributed by atoms with Gasteiger partial charge in [-0.05, 0) is 6.92 Å². The molecule has 0 bridgehead atoms. The third kappa shape index (κ3) is 6.10. The van der Waals surface area contributed by atoms with Gasteiger partial charge in [0.2, 0.25) is 5.91 Å². The number of ether oxygens (including phenoxy) is 1. The van der Waals surface area contributed by atoms with Crippen molar-refractivity contribution >= 4 is 11.9 Å². The van der Waals surface area contributed by atoms with Crippen LogP contribution in [0.15, 0.2) is 0 Å². The Morgan fingerprint density at radius 2 is 2.15 bits per heavy atom. The van der Waals surface area contributed by atoms with Crippen molar-refractivity contribution in [2.75, 3.05) is 13.2 Å². The van der Waals surface area contributed by atoms with E-state index in [0.717, 1.165) is 0 Å². The van der Waals surface area contributed by atoms with Crippen molar-refractivity contribution in [3.8, 4) is 0 Å². The van der Waals surface area contributed by atoms with Crippen molar-refractivity contribution in [3.05, 3.63) is 0 Å². The Labute approximate surface area is 77.1 Å². The molecule has 0 saturated carbocycles. The van der Waals surface area contributed by atoms with E-state index >= 15 is 0 Å². The zero-order valence-corrected chi connectivity index (χ0v) is 7.87. The van der Waals surface area contributed by atoms with E-state index in [2.05, 4.69) is 5.32 Å². The number of aliphatic carboxylic acids is 1. The maximum atomic E-state index is 10.6. The fraction of sp³-hybridized carbons (Fsp3) is 0.750. The Bertz CT molecular complexity index is 181. The lowest BCUT2D eigenvalue weighted by Crippen LogP contribution is -2.40. The van der Waals surface area contributed by atoms with E-state index in [1.54, 1.807) is 0 Å². The van der Waals surface area contributed by atoms with Crippen molar-refractivity contribution < 1.29 is 19.4 Å². The molecule has 0 spiro atoms. The number of carboxylic acid groups (broad SMARTS) is 1. The molecule has 1 unspecified atom stereocenters. The SMILES string of the molecule is CCOCCC(NC(C)=O)C(=O)O. The molecular weight excluding hydrogens is 174 g/mol. The molecule has 0 aliphatic heterocycles. The Morgan fingerprint density at radius 1 is 1.54 bits per heavy atom. The summed E-state index contributed by atoms with van der Waals surface area (Å²) in [6, 6.07) is -0.843. The highest BCUT2D eigenvalue weighted by Gasteiger charge is 2.17. The Morgan fingerprint density at radius 3 is 2.54 bits per heavy atom. The summed E-state index contributed by atoms with van der Waals surface area (Å²) < 4.78 is 4.98. The van der Waals surface area contributed by atoms with Gasteiger partial charge >= 0.3 is 5.97 Å². The van der Waals surface area contributed by atoms with Crippen molar-refractivity contribution in [2.45, 2.75) is 26.3 Å². The van der Waals surface area contributed by atoms with Crippen LogP contribution in [-0.2, 0) is 14.3 Å². The molecule has 1 atom stereocenters. The van der Waals surface area contributed by atoms with Crippen LogP contribution in [0.5, 0.6) is 0 Å². The summed E-state index contributed by atoms with van der Waals surface area (Å²) in [4.78, 5) is 21.1. The first-order valence-corrected chi connectivity index (χ1v) is 4.15. The number of hydrogen-bond acceptors (Lipinski definition) is 3. The number of carboxylic acids is 1. The van der Waals surface area contributed by atoms with Gasteiger partial charge in [0, 0.05) is 26.6 Å². The summed E-state index contributed by atoms with van der Waals surface area (Å²) in [6.07, 6.45) is 0.294. The number of amides is 1. The van der Waals surface area contributed by atoms with E-state index in [9.17, 15) is 9.59 Å². The lowest BCUT2D eigenvalue weighted by Gasteiger charge is -2.12. The van der Waals surface area contributed by atoms with Gasteiger partial charge in [-0.3, -0.25) is 4.79 Å². The summed E-state index contributed by atoms with van der Waals surface area (Å²) >= 11 is 0. The minimum absolute atomic E-state index is 0.294. The molecule has 0 aromatic carbocycles. The normalized spacial score (nSPS) is 12.2. The zero-order chi connectivity index (χ0) is 10.3. The lowest BCUT2D eigenvalue weighted by molar-refractivity contribution is -0.142. The smallest absolute Gasteiger partial charge is 0.326 e. The van der Waals surface area contributed by atoms with E-state index < -0.39 is 12.0 Å². The molecule has 0 rings (SSSR count). The van der Waals surface area contributed by atoms with Crippen LogP contribution in [0.25, 0.3) is 0 Å². The van der Waals surface area contributed by atoms with Gasteiger partial charge in [-0.2, -0.15) is 0 Å². The van der Waals surface area contributed by atoms with Gasteiger partial charge in [0.05, 0.1) is 0 Å². The molecule has 13 heavy (non-hydrogen) atoms. The largest absolute Gasteiger partial charge is 0.480 e. The zero-order valence-electron chi connectivity index (χ0n) is 7.87. The van der Waals surface area contributed by atoms with E-state index in [1.165, 1.54) is 6.92 Å². The summed E-state index contributed by atoms with van der Waals surface area (Å²) in [5, 5.41) is 11.0. The molecule has 5 nitrogen and oxygen atoms in total. The minimum Gasteiger partial charge on any atom is -0.480 e. The molecule has 76 valence electrons. The molecule has 0 radical (unpaired) electrons. The van der Waals surface area contributed by atoms with Crippen LogP contribution in [0.1, 0.15) is 20.3 Å². The monoisotopic (exact) mass is 189 g/mol. The molecule has 1 amide bonds. The van der Waals surface area contributed by atoms with Crippen LogP contribution in [0.2, 0.25) is 0 Å². The molecule has 0 aliphatic carbocycles. The van der Waals surface area contributed by atoms with Crippen molar-refractivity contribution in [1.29, 1.82) is 0 Å². The quantitative estimate of drug-likeness (QED) is 0.577. The number of nitrogens with one attached hydrogen (secondary N) is 1. The fourth-order valence-corrected chi connectivity index (χ4v) is 0.848. The molecule has 0 heterocycles. The van der Waals surface area contributed by atoms with Crippen LogP contribution >= 0.6 is 0 Å². The van der Waals surface area contributed by atoms with E-state index in [0.29, 0.717) is 19.6 Å². The topological polar surface area (TPSA) is 75.6 Å². The first-order valence-electron chi connectivity index (χ1n) is 4.15. The van der Waals surface area contributed by atoms with Crippen molar-refractivity contribution in [1.82, 2.24) is 5.32 Å². The predicted molar refractivity (Wildman–Crippen MR) is 46.4 cm³/mol. The lowest BCUT2D eigenvalue weighted by atomic mass is 10.2. The van der Waals surface area contributed by atoms with Crippen LogP contribution in [0.3, 0.4) is 0 Å². The highest BCUT2D eigenvalue weighted by Crippen LogP contribution is 1.93. The maximum absolute atomic E-state index is 10.6. The standard InChI is InChI=1S/C8H15NO4/c1-3-13-5-4-7(8(11)12)9-6(2)10/h7H,3-5H2,1-2H3,(H,9,10)(H,11,12). The fourth-order valence-electron chi connectivity index (χ4n) is 0.848. The second-order valence-corrected chi connectivity index (χ2v) is 2.58. The molecule has 5 heteroatoms. The summed E-state index contributed by atoms with van der Waals surface area (Å²) in [5.41, 5.74) is 0. The highest BCUT2D eigenvalue weighted by atomic mass is 16.5. The average molecular weight is 189 g/mol. The second-order valence-electron chi connectivity index (χ2n) is 2.58. The van der Waals surface area contributed by atoms with Crippen LogP contribution in [-0.4, -0.2) is 36.2 Å². The van der Waals surface area contributed by atoms with Gasteiger partial charge in [-0.15, -0.1) is 0 Å². The van der Waals surface area contributed by atoms with E-state index in [1.807, 2.05) is 6.92 Å². The Balaban J connectivity index is 3.81. The molecule has 0 aliphatic rings. The number of rotatable bonds is 6. The highest BCUT2D eigenvalue weighted by molar-refractivity contribution is 5.81. The average Bonchev–Trinajstić information content (AvgIpc) is 2.02.